The van der Waals surface area contributed by atoms with Crippen molar-refractivity contribution in [3.63, 3.8) is 0 Å². The molecule has 0 spiro atoms. The van der Waals surface area contributed by atoms with Crippen LogP contribution >= 0.6 is 11.3 Å². The molecule has 1 aliphatic rings. The van der Waals surface area contributed by atoms with Crippen molar-refractivity contribution in [2.45, 2.75) is 24.2 Å². The highest BCUT2D eigenvalue weighted by Crippen LogP contribution is 2.43. The maximum atomic E-state index is 13.0. The number of hydrogen-bond acceptors (Lipinski definition) is 7. The van der Waals surface area contributed by atoms with E-state index in [1.807, 2.05) is 32.0 Å². The van der Waals surface area contributed by atoms with E-state index >= 15 is 0 Å². The summed E-state index contributed by atoms with van der Waals surface area (Å²) < 4.78 is 38.8. The molecule has 1 amide bonds. The Kier molecular flexibility index (Phi) is 5.38. The van der Waals surface area contributed by atoms with Gasteiger partial charge in [0.1, 0.15) is 16.4 Å². The molecule has 0 bridgehead atoms. The van der Waals surface area contributed by atoms with Gasteiger partial charge in [0, 0.05) is 29.7 Å². The third kappa shape index (κ3) is 3.59. The molecule has 4 rings (SSSR count). The van der Waals surface area contributed by atoms with Crippen molar-refractivity contribution in [3.05, 3.63) is 47.3 Å². The Labute approximate surface area is 190 Å². The number of likely N-dealkylation sites (N-methyl/N-ethyl adjacent to an activating group) is 1. The maximum absolute atomic E-state index is 13.0. The first-order chi connectivity index (χ1) is 15.1. The van der Waals surface area contributed by atoms with Crippen LogP contribution in [0.25, 0.3) is 11.3 Å². The fourth-order valence-corrected chi connectivity index (χ4v) is 5.91. The quantitative estimate of drug-likeness (QED) is 0.583. The number of nitrogens with one attached hydrogen (secondary N) is 1. The summed E-state index contributed by atoms with van der Waals surface area (Å²) in [7, 11) is 0.666. The number of carbonyl (C=O) groups is 1. The largest absolute Gasteiger partial charge is 0.497 e. The zero-order valence-corrected chi connectivity index (χ0v) is 19.9. The minimum atomic E-state index is -3.96. The van der Waals surface area contributed by atoms with Crippen molar-refractivity contribution in [2.75, 3.05) is 30.9 Å². The average Bonchev–Trinajstić information content (AvgIpc) is 3.30. The molecule has 2 heterocycles. The molecule has 1 aliphatic heterocycles. The number of carbonyl (C=O) groups excluding carboxylic acids is 1. The van der Waals surface area contributed by atoms with Crippen molar-refractivity contribution in [1.29, 1.82) is 0 Å². The van der Waals surface area contributed by atoms with Gasteiger partial charge in [-0.15, -0.1) is 11.3 Å². The predicted molar refractivity (Wildman–Crippen MR) is 124 cm³/mol. The number of thiazole rings is 1. The lowest BCUT2D eigenvalue weighted by Crippen LogP contribution is -2.33. The Morgan fingerprint density at radius 2 is 1.84 bits per heavy atom. The van der Waals surface area contributed by atoms with Gasteiger partial charge in [0.15, 0.2) is 5.13 Å². The summed E-state index contributed by atoms with van der Waals surface area (Å²) in [6.45, 7) is 3.78. The molecule has 0 atom stereocenters. The zero-order chi connectivity index (χ0) is 23.3. The Morgan fingerprint density at radius 3 is 2.53 bits per heavy atom. The molecular weight excluding hydrogens is 450 g/mol. The number of methoxy groups -OCH3 is 2. The fraction of sp³-hybridized carbons (Fsp3) is 0.273. The van der Waals surface area contributed by atoms with Crippen molar-refractivity contribution < 1.29 is 22.7 Å². The van der Waals surface area contributed by atoms with Crippen LogP contribution in [0.4, 0.5) is 10.8 Å². The van der Waals surface area contributed by atoms with Crippen molar-refractivity contribution in [3.8, 4) is 22.8 Å². The van der Waals surface area contributed by atoms with Crippen LogP contribution < -0.4 is 19.1 Å². The Balaban J connectivity index is 1.65. The molecule has 32 heavy (non-hydrogen) atoms. The van der Waals surface area contributed by atoms with Crippen molar-refractivity contribution in [1.82, 2.24) is 4.98 Å². The minimum Gasteiger partial charge on any atom is -0.497 e. The van der Waals surface area contributed by atoms with E-state index in [2.05, 4.69) is 9.71 Å². The van der Waals surface area contributed by atoms with Gasteiger partial charge < -0.3 is 14.4 Å². The van der Waals surface area contributed by atoms with Crippen LogP contribution in [0, 0.1) is 0 Å². The van der Waals surface area contributed by atoms with Gasteiger partial charge >= 0.3 is 0 Å². The second-order valence-electron chi connectivity index (χ2n) is 7.88. The van der Waals surface area contributed by atoms with E-state index in [1.165, 1.54) is 37.7 Å². The lowest BCUT2D eigenvalue weighted by molar-refractivity contribution is -0.121. The number of rotatable bonds is 6. The summed E-state index contributed by atoms with van der Waals surface area (Å²) in [5, 5.41) is 1.99. The van der Waals surface area contributed by atoms with E-state index in [0.717, 1.165) is 16.8 Å². The number of nitrogens with zero attached hydrogens (tertiary/aromatic N) is 2. The molecule has 0 fully saturated rings. The standard InChI is InChI=1S/C22H23N3O5S2/c1-22(2)15-10-13(6-8-17(15)25(3)20(22)26)16-12-31-21(23-16)24-32(27,28)19-11-14(29-4)7-9-18(19)30-5/h6-12H,1-5H3,(H,23,24). The minimum absolute atomic E-state index is 0.0311. The van der Waals surface area contributed by atoms with E-state index < -0.39 is 15.4 Å². The number of aromatic nitrogens is 1. The number of sulfonamides is 1. The van der Waals surface area contributed by atoms with Crippen LogP contribution in [0.2, 0.25) is 0 Å². The fourth-order valence-electron chi connectivity index (χ4n) is 3.75. The number of anilines is 2. The number of fused-ring (bicyclic) bond motifs is 1. The van der Waals surface area contributed by atoms with Gasteiger partial charge in [0.25, 0.3) is 10.0 Å². The molecule has 168 valence electrons. The van der Waals surface area contributed by atoms with Crippen LogP contribution in [0.1, 0.15) is 19.4 Å². The van der Waals surface area contributed by atoms with Gasteiger partial charge in [-0.25, -0.2) is 13.4 Å². The lowest BCUT2D eigenvalue weighted by atomic mass is 9.85. The lowest BCUT2D eigenvalue weighted by Gasteiger charge is -2.16. The molecule has 8 nitrogen and oxygen atoms in total. The molecule has 10 heteroatoms. The third-order valence-electron chi connectivity index (χ3n) is 5.55. The Morgan fingerprint density at radius 1 is 1.09 bits per heavy atom. The first-order valence-corrected chi connectivity index (χ1v) is 12.1. The zero-order valence-electron chi connectivity index (χ0n) is 18.3. The number of hydrogen-bond donors (Lipinski definition) is 1. The van der Waals surface area contributed by atoms with Crippen molar-refractivity contribution in [2.24, 2.45) is 0 Å². The highest BCUT2D eigenvalue weighted by molar-refractivity contribution is 7.93. The number of ether oxygens (including phenoxy) is 2. The SMILES string of the molecule is COc1ccc(OC)c(S(=O)(=O)Nc2nc(-c3ccc4c(c3)C(C)(C)C(=O)N4C)cs2)c1. The summed E-state index contributed by atoms with van der Waals surface area (Å²) >= 11 is 1.17. The molecule has 0 aliphatic carbocycles. The molecule has 1 N–H and O–H groups in total. The monoisotopic (exact) mass is 473 g/mol. The Bertz CT molecular complexity index is 1310. The summed E-state index contributed by atoms with van der Waals surface area (Å²) in [5.41, 5.74) is 2.57. The highest BCUT2D eigenvalue weighted by atomic mass is 32.2. The van der Waals surface area contributed by atoms with Gasteiger partial charge in [-0.2, -0.15) is 0 Å². The second kappa shape index (κ2) is 7.79. The van der Waals surface area contributed by atoms with Gasteiger partial charge in [-0.3, -0.25) is 9.52 Å². The summed E-state index contributed by atoms with van der Waals surface area (Å²) in [5.74, 6) is 0.625. The third-order valence-corrected chi connectivity index (χ3v) is 7.80. The second-order valence-corrected chi connectivity index (χ2v) is 10.4. The van der Waals surface area contributed by atoms with E-state index in [0.29, 0.717) is 11.4 Å². The predicted octanol–water partition coefficient (Wildman–Crippen LogP) is 3.88. The maximum Gasteiger partial charge on any atom is 0.267 e. The van der Waals surface area contributed by atoms with E-state index in [1.54, 1.807) is 23.4 Å². The van der Waals surface area contributed by atoms with E-state index in [4.69, 9.17) is 9.47 Å². The molecule has 2 aromatic carbocycles. The van der Waals surface area contributed by atoms with Gasteiger partial charge in [-0.1, -0.05) is 6.07 Å². The van der Waals surface area contributed by atoms with Crippen LogP contribution in [0.15, 0.2) is 46.7 Å². The van der Waals surface area contributed by atoms with Gasteiger partial charge in [-0.05, 0) is 43.7 Å². The van der Waals surface area contributed by atoms with Crippen LogP contribution in [0.3, 0.4) is 0 Å². The van der Waals surface area contributed by atoms with Gasteiger partial charge in [0.2, 0.25) is 5.91 Å². The smallest absolute Gasteiger partial charge is 0.267 e. The van der Waals surface area contributed by atoms with Crippen LogP contribution in [0.5, 0.6) is 11.5 Å². The molecule has 0 saturated carbocycles. The Hall–Kier alpha value is -3.11. The molecule has 1 aromatic heterocycles. The normalized spacial score (nSPS) is 14.9. The van der Waals surface area contributed by atoms with Gasteiger partial charge in [0.05, 0.1) is 25.3 Å². The highest BCUT2D eigenvalue weighted by Gasteiger charge is 2.42. The number of amides is 1. The van der Waals surface area contributed by atoms with Crippen LogP contribution in [-0.2, 0) is 20.2 Å². The van der Waals surface area contributed by atoms with Crippen LogP contribution in [-0.4, -0.2) is 40.6 Å². The summed E-state index contributed by atoms with van der Waals surface area (Å²) in [4.78, 5) is 18.6. The average molecular weight is 474 g/mol. The van der Waals surface area contributed by atoms with Crippen molar-refractivity contribution >= 4 is 38.1 Å². The summed E-state index contributed by atoms with van der Waals surface area (Å²) in [6, 6.07) is 10.3. The number of benzene rings is 2. The van der Waals surface area contributed by atoms with E-state index in [-0.39, 0.29) is 21.7 Å². The molecule has 3 aromatic rings. The summed E-state index contributed by atoms with van der Waals surface area (Å²) in [6.07, 6.45) is 0. The molecule has 0 unspecified atom stereocenters. The molecule has 0 radical (unpaired) electrons. The first-order valence-electron chi connectivity index (χ1n) is 9.72. The molecule has 0 saturated heterocycles. The topological polar surface area (TPSA) is 97.8 Å². The first kappa shape index (κ1) is 22.1. The molecular formula is C22H23N3O5S2. The van der Waals surface area contributed by atoms with E-state index in [9.17, 15) is 13.2 Å².